The highest BCUT2D eigenvalue weighted by Gasteiger charge is 2.08. The zero-order valence-electron chi connectivity index (χ0n) is 6.15. The summed E-state index contributed by atoms with van der Waals surface area (Å²) in [7, 11) is 0. The quantitative estimate of drug-likeness (QED) is 0.415. The van der Waals surface area contributed by atoms with Gasteiger partial charge in [-0.2, -0.15) is 0 Å². The van der Waals surface area contributed by atoms with E-state index in [1.54, 1.807) is 0 Å². The van der Waals surface area contributed by atoms with Crippen molar-refractivity contribution in [2.24, 2.45) is 0 Å². The van der Waals surface area contributed by atoms with Gasteiger partial charge in [-0.05, 0) is 6.07 Å². The molecule has 0 aliphatic rings. The number of anilines is 1. The van der Waals surface area contributed by atoms with Gasteiger partial charge < -0.3 is 21.5 Å². The first-order valence-electron chi connectivity index (χ1n) is 3.23. The van der Waals surface area contributed by atoms with Crippen LogP contribution in [0.15, 0.2) is 18.2 Å². The Bertz CT molecular complexity index is 312. The SMILES string of the molecule is Nc1ccc([NH2+][O-])cc1C(=O)O. The summed E-state index contributed by atoms with van der Waals surface area (Å²) in [4.78, 5) is 10.5. The largest absolute Gasteiger partial charge is 0.630 e. The van der Waals surface area contributed by atoms with Crippen molar-refractivity contribution in [3.8, 4) is 0 Å². The van der Waals surface area contributed by atoms with Crippen molar-refractivity contribution in [3.05, 3.63) is 29.0 Å². The summed E-state index contributed by atoms with van der Waals surface area (Å²) in [6, 6.07) is 4.10. The van der Waals surface area contributed by atoms with Crippen LogP contribution in [-0.2, 0) is 0 Å². The molecule has 0 aromatic heterocycles. The Labute approximate surface area is 68.4 Å². The van der Waals surface area contributed by atoms with Crippen molar-refractivity contribution in [3.63, 3.8) is 0 Å². The molecule has 0 aliphatic heterocycles. The molecule has 0 fully saturated rings. The van der Waals surface area contributed by atoms with Gasteiger partial charge in [-0.15, -0.1) is 0 Å². The van der Waals surface area contributed by atoms with Crippen molar-refractivity contribution < 1.29 is 15.4 Å². The average molecular weight is 168 g/mol. The lowest BCUT2D eigenvalue weighted by molar-refractivity contribution is -0.497. The maximum Gasteiger partial charge on any atom is 0.338 e. The molecule has 0 bridgehead atoms. The van der Waals surface area contributed by atoms with Gasteiger partial charge in [0.05, 0.1) is 5.56 Å². The van der Waals surface area contributed by atoms with E-state index in [0.29, 0.717) is 11.2 Å². The molecule has 0 atom stereocenters. The predicted molar refractivity (Wildman–Crippen MR) is 42.8 cm³/mol. The van der Waals surface area contributed by atoms with E-state index < -0.39 is 5.97 Å². The van der Waals surface area contributed by atoms with Crippen LogP contribution >= 0.6 is 0 Å². The second kappa shape index (κ2) is 3.21. The minimum atomic E-state index is -1.13. The van der Waals surface area contributed by atoms with Gasteiger partial charge in [-0.25, -0.2) is 4.79 Å². The molecule has 64 valence electrons. The van der Waals surface area contributed by atoms with Crippen LogP contribution in [0.1, 0.15) is 10.4 Å². The molecule has 5 N–H and O–H groups in total. The average Bonchev–Trinajstić information content (AvgIpc) is 2.05. The van der Waals surface area contributed by atoms with Crippen LogP contribution < -0.4 is 11.2 Å². The molecule has 0 heterocycles. The summed E-state index contributed by atoms with van der Waals surface area (Å²) in [6.07, 6.45) is 0. The summed E-state index contributed by atoms with van der Waals surface area (Å²) in [5.74, 6) is -1.13. The summed E-state index contributed by atoms with van der Waals surface area (Å²) in [6.45, 7) is 0. The molecule has 0 unspecified atom stereocenters. The molecule has 1 aromatic carbocycles. The second-order valence-corrected chi connectivity index (χ2v) is 2.27. The predicted octanol–water partition coefficient (Wildman–Crippen LogP) is -0.340. The van der Waals surface area contributed by atoms with Gasteiger partial charge >= 0.3 is 5.97 Å². The molecular formula is C7H8N2O3. The molecule has 5 nitrogen and oxygen atoms in total. The Kier molecular flexibility index (Phi) is 2.27. The molecule has 0 saturated heterocycles. The molecule has 0 saturated carbocycles. The van der Waals surface area contributed by atoms with Gasteiger partial charge in [0.25, 0.3) is 0 Å². The van der Waals surface area contributed by atoms with Crippen LogP contribution in [0.5, 0.6) is 0 Å². The number of rotatable bonds is 2. The minimum absolute atomic E-state index is 0.0420. The Morgan fingerprint density at radius 2 is 2.25 bits per heavy atom. The first-order valence-corrected chi connectivity index (χ1v) is 3.23. The zero-order chi connectivity index (χ0) is 9.14. The van der Waals surface area contributed by atoms with Crippen LogP contribution in [0, 0.1) is 5.21 Å². The van der Waals surface area contributed by atoms with Gasteiger partial charge in [-0.1, -0.05) is 0 Å². The van der Waals surface area contributed by atoms with Crippen LogP contribution in [0.4, 0.5) is 11.4 Å². The number of hydrogen-bond donors (Lipinski definition) is 3. The number of hydrogen-bond acceptors (Lipinski definition) is 3. The lowest BCUT2D eigenvalue weighted by Gasteiger charge is -2.04. The smallest absolute Gasteiger partial charge is 0.338 e. The maximum absolute atomic E-state index is 10.5. The number of carboxylic acid groups (broad SMARTS) is 1. The van der Waals surface area contributed by atoms with Crippen molar-refractivity contribution in [2.75, 3.05) is 5.73 Å². The Morgan fingerprint density at radius 3 is 2.75 bits per heavy atom. The van der Waals surface area contributed by atoms with E-state index in [1.807, 2.05) is 0 Å². The molecule has 0 amide bonds. The third-order valence-electron chi connectivity index (χ3n) is 1.44. The van der Waals surface area contributed by atoms with E-state index >= 15 is 0 Å². The summed E-state index contributed by atoms with van der Waals surface area (Å²) in [5, 5.41) is 18.8. The molecule has 0 aliphatic carbocycles. The topological polar surface area (TPSA) is 103 Å². The number of aromatic carboxylic acids is 1. The van der Waals surface area contributed by atoms with E-state index in [1.165, 1.54) is 18.2 Å². The van der Waals surface area contributed by atoms with E-state index in [4.69, 9.17) is 10.8 Å². The molecule has 5 heteroatoms. The first-order chi connectivity index (χ1) is 5.65. The number of quaternary nitrogens is 1. The van der Waals surface area contributed by atoms with Gasteiger partial charge in [0.15, 0.2) is 0 Å². The van der Waals surface area contributed by atoms with Crippen molar-refractivity contribution >= 4 is 17.3 Å². The molecule has 1 aromatic rings. The fourth-order valence-electron chi connectivity index (χ4n) is 0.832. The highest BCUT2D eigenvalue weighted by Crippen LogP contribution is 2.14. The third kappa shape index (κ3) is 1.52. The molecule has 1 rings (SSSR count). The first kappa shape index (κ1) is 8.51. The molecule has 0 radical (unpaired) electrons. The van der Waals surface area contributed by atoms with Gasteiger partial charge in [-0.3, -0.25) is 0 Å². The summed E-state index contributed by atoms with van der Waals surface area (Å²) < 4.78 is 0. The summed E-state index contributed by atoms with van der Waals surface area (Å²) >= 11 is 0. The van der Waals surface area contributed by atoms with E-state index in [0.717, 1.165) is 0 Å². The summed E-state index contributed by atoms with van der Waals surface area (Å²) in [5.41, 5.74) is 6.35. The third-order valence-corrected chi connectivity index (χ3v) is 1.44. The van der Waals surface area contributed by atoms with Gasteiger partial charge in [0.2, 0.25) is 0 Å². The number of nitrogens with two attached hydrogens (primary N) is 2. The number of carboxylic acids is 1. The zero-order valence-corrected chi connectivity index (χ0v) is 6.15. The fourth-order valence-corrected chi connectivity index (χ4v) is 0.832. The lowest BCUT2D eigenvalue weighted by Crippen LogP contribution is -2.70. The van der Waals surface area contributed by atoms with Crippen molar-refractivity contribution in [1.29, 1.82) is 0 Å². The molecule has 0 spiro atoms. The van der Waals surface area contributed by atoms with E-state index in [9.17, 15) is 10.0 Å². The fraction of sp³-hybridized carbons (Fsp3) is 0. The van der Waals surface area contributed by atoms with Gasteiger partial charge in [0, 0.05) is 17.8 Å². The number of carbonyl (C=O) groups is 1. The van der Waals surface area contributed by atoms with E-state index in [-0.39, 0.29) is 11.3 Å². The van der Waals surface area contributed by atoms with Crippen LogP contribution in [-0.4, -0.2) is 11.1 Å². The monoisotopic (exact) mass is 168 g/mol. The normalized spacial score (nSPS) is 9.75. The highest BCUT2D eigenvalue weighted by molar-refractivity contribution is 5.94. The number of benzene rings is 1. The Morgan fingerprint density at radius 1 is 1.58 bits per heavy atom. The molecular weight excluding hydrogens is 160 g/mol. The second-order valence-electron chi connectivity index (χ2n) is 2.27. The number of nitrogen functional groups attached to an aromatic ring is 1. The molecule has 12 heavy (non-hydrogen) atoms. The van der Waals surface area contributed by atoms with Gasteiger partial charge in [0.1, 0.15) is 5.69 Å². The Hall–Kier alpha value is -1.59. The lowest BCUT2D eigenvalue weighted by atomic mass is 10.1. The minimum Gasteiger partial charge on any atom is -0.630 e. The van der Waals surface area contributed by atoms with Crippen molar-refractivity contribution in [2.45, 2.75) is 0 Å². The van der Waals surface area contributed by atoms with Crippen LogP contribution in [0.25, 0.3) is 0 Å². The van der Waals surface area contributed by atoms with E-state index in [2.05, 4.69) is 0 Å². The Balaban J connectivity index is 3.17. The maximum atomic E-state index is 10.5. The van der Waals surface area contributed by atoms with Crippen LogP contribution in [0.2, 0.25) is 0 Å². The standard InChI is InChI=1S/C7H8N2O3/c8-6-2-1-4(9-12)3-5(6)7(10)11/h1-3H,8-9H2,(H,10,11). The van der Waals surface area contributed by atoms with Crippen molar-refractivity contribution in [1.82, 2.24) is 0 Å². The van der Waals surface area contributed by atoms with Crippen LogP contribution in [0.3, 0.4) is 0 Å². The highest BCUT2D eigenvalue weighted by atomic mass is 16.5.